The number of nitrogens with zero attached hydrogens (tertiary/aromatic N) is 1. The summed E-state index contributed by atoms with van der Waals surface area (Å²) in [6, 6.07) is 16.2. The van der Waals surface area contributed by atoms with Crippen LogP contribution >= 0.6 is 11.6 Å². The number of carbonyl (C=O) groups is 2. The monoisotopic (exact) mass is 388 g/mol. The van der Waals surface area contributed by atoms with Crippen molar-refractivity contribution in [1.29, 1.82) is 0 Å². The van der Waals surface area contributed by atoms with E-state index in [1.165, 1.54) is 0 Å². The number of hydrogen-bond donors (Lipinski definition) is 1. The second kappa shape index (κ2) is 10.6. The fourth-order valence-electron chi connectivity index (χ4n) is 2.85. The summed E-state index contributed by atoms with van der Waals surface area (Å²) >= 11 is 5.95. The summed E-state index contributed by atoms with van der Waals surface area (Å²) in [6.07, 6.45) is 1.19. The molecule has 1 N–H and O–H groups in total. The molecule has 0 spiro atoms. The van der Waals surface area contributed by atoms with Gasteiger partial charge in [-0.2, -0.15) is 0 Å². The zero-order valence-electron chi connectivity index (χ0n) is 15.7. The predicted molar refractivity (Wildman–Crippen MR) is 107 cm³/mol. The van der Waals surface area contributed by atoms with Gasteiger partial charge in [0.1, 0.15) is 11.8 Å². The van der Waals surface area contributed by atoms with Gasteiger partial charge >= 0.3 is 0 Å². The van der Waals surface area contributed by atoms with Crippen molar-refractivity contribution < 1.29 is 14.3 Å². The first kappa shape index (κ1) is 20.8. The Balaban J connectivity index is 2.09. The lowest BCUT2D eigenvalue weighted by Gasteiger charge is -2.30. The minimum Gasteiger partial charge on any atom is -0.484 e. The molecule has 0 aromatic heterocycles. The van der Waals surface area contributed by atoms with Crippen molar-refractivity contribution in [3.8, 4) is 5.75 Å². The molecule has 27 heavy (non-hydrogen) atoms. The quantitative estimate of drug-likeness (QED) is 0.716. The molecule has 0 aliphatic rings. The molecule has 0 saturated heterocycles. The van der Waals surface area contributed by atoms with E-state index in [0.29, 0.717) is 30.2 Å². The number of amides is 2. The number of hydrogen-bond acceptors (Lipinski definition) is 3. The molecule has 0 aliphatic heterocycles. The van der Waals surface area contributed by atoms with Crippen LogP contribution in [0.25, 0.3) is 0 Å². The fourth-order valence-corrected chi connectivity index (χ4v) is 3.03. The molecule has 0 unspecified atom stereocenters. The molecule has 2 amide bonds. The lowest BCUT2D eigenvalue weighted by molar-refractivity contribution is -0.142. The average Bonchev–Trinajstić information content (AvgIpc) is 2.69. The van der Waals surface area contributed by atoms with Gasteiger partial charge in [0.15, 0.2) is 6.61 Å². The summed E-state index contributed by atoms with van der Waals surface area (Å²) in [7, 11) is 1.58. The third-order valence-corrected chi connectivity index (χ3v) is 4.51. The number of rotatable bonds is 9. The summed E-state index contributed by atoms with van der Waals surface area (Å²) < 4.78 is 5.58. The van der Waals surface area contributed by atoms with E-state index in [2.05, 4.69) is 5.32 Å². The molecule has 0 heterocycles. The van der Waals surface area contributed by atoms with Crippen LogP contribution in [0.15, 0.2) is 54.6 Å². The fraction of sp³-hybridized carbons (Fsp3) is 0.333. The number of likely N-dealkylation sites (N-methyl/N-ethyl adjacent to an activating group) is 1. The standard InChI is InChI=1S/C21H25ClN2O3/c1-3-19(21(26)23-2)24(13-12-16-8-5-4-6-9-16)20(25)15-27-18-11-7-10-17(22)14-18/h4-11,14,19H,3,12-13,15H2,1-2H3,(H,23,26)/t19-/m1/s1. The lowest BCUT2D eigenvalue weighted by atomic mass is 10.1. The maximum absolute atomic E-state index is 12.8. The van der Waals surface area contributed by atoms with Crippen LogP contribution < -0.4 is 10.1 Å². The average molecular weight is 389 g/mol. The maximum Gasteiger partial charge on any atom is 0.261 e. The summed E-state index contributed by atoms with van der Waals surface area (Å²) in [5, 5.41) is 3.18. The molecule has 0 aliphatic carbocycles. The highest BCUT2D eigenvalue weighted by Crippen LogP contribution is 2.17. The van der Waals surface area contributed by atoms with Gasteiger partial charge in [-0.15, -0.1) is 0 Å². The van der Waals surface area contributed by atoms with Crippen molar-refractivity contribution >= 4 is 23.4 Å². The Morgan fingerprint density at radius 2 is 1.89 bits per heavy atom. The molecule has 0 radical (unpaired) electrons. The summed E-state index contributed by atoms with van der Waals surface area (Å²) in [4.78, 5) is 26.7. The second-order valence-electron chi connectivity index (χ2n) is 6.11. The molecule has 5 nitrogen and oxygen atoms in total. The van der Waals surface area contributed by atoms with Gasteiger partial charge < -0.3 is 15.0 Å². The Labute approximate surface area is 165 Å². The van der Waals surface area contributed by atoms with Gasteiger partial charge in [0.2, 0.25) is 5.91 Å². The van der Waals surface area contributed by atoms with Gasteiger partial charge in [0.25, 0.3) is 5.91 Å². The normalized spacial score (nSPS) is 11.5. The van der Waals surface area contributed by atoms with Crippen molar-refractivity contribution in [2.45, 2.75) is 25.8 Å². The summed E-state index contributed by atoms with van der Waals surface area (Å²) in [5.74, 6) is 0.106. The minimum absolute atomic E-state index is 0.150. The van der Waals surface area contributed by atoms with Crippen LogP contribution in [-0.2, 0) is 16.0 Å². The number of carbonyl (C=O) groups excluding carboxylic acids is 2. The Hall–Kier alpha value is -2.53. The van der Waals surface area contributed by atoms with Crippen LogP contribution in [0.2, 0.25) is 5.02 Å². The van der Waals surface area contributed by atoms with E-state index in [4.69, 9.17) is 16.3 Å². The van der Waals surface area contributed by atoms with Crippen LogP contribution in [0.4, 0.5) is 0 Å². The molecule has 0 saturated carbocycles. The molecular weight excluding hydrogens is 364 g/mol. The van der Waals surface area contributed by atoms with Gasteiger partial charge in [-0.1, -0.05) is 54.9 Å². The number of halogens is 1. The second-order valence-corrected chi connectivity index (χ2v) is 6.54. The minimum atomic E-state index is -0.533. The predicted octanol–water partition coefficient (Wildman–Crippen LogP) is 3.31. The van der Waals surface area contributed by atoms with Crippen molar-refractivity contribution in [1.82, 2.24) is 10.2 Å². The number of ether oxygens (including phenoxy) is 1. The van der Waals surface area contributed by atoms with Crippen LogP contribution in [0, 0.1) is 0 Å². The molecule has 2 aromatic rings. The van der Waals surface area contributed by atoms with Crippen molar-refractivity contribution in [3.05, 3.63) is 65.2 Å². The first-order valence-corrected chi connectivity index (χ1v) is 9.36. The lowest BCUT2D eigenvalue weighted by Crippen LogP contribution is -2.50. The Morgan fingerprint density at radius 1 is 1.15 bits per heavy atom. The van der Waals surface area contributed by atoms with E-state index in [1.54, 1.807) is 36.2 Å². The molecule has 0 fully saturated rings. The van der Waals surface area contributed by atoms with Crippen molar-refractivity contribution in [2.75, 3.05) is 20.2 Å². The number of benzene rings is 2. The van der Waals surface area contributed by atoms with Gasteiger partial charge in [-0.3, -0.25) is 9.59 Å². The zero-order chi connectivity index (χ0) is 19.6. The maximum atomic E-state index is 12.8. The summed E-state index contributed by atoms with van der Waals surface area (Å²) in [5.41, 5.74) is 1.11. The first-order chi connectivity index (χ1) is 13.0. The first-order valence-electron chi connectivity index (χ1n) is 8.98. The van der Waals surface area contributed by atoms with Gasteiger partial charge in [0, 0.05) is 18.6 Å². The Morgan fingerprint density at radius 3 is 2.52 bits per heavy atom. The van der Waals surface area contributed by atoms with Gasteiger partial charge in [-0.25, -0.2) is 0 Å². The molecule has 1 atom stereocenters. The highest BCUT2D eigenvalue weighted by Gasteiger charge is 2.27. The van der Waals surface area contributed by atoms with E-state index in [-0.39, 0.29) is 18.4 Å². The van der Waals surface area contributed by atoms with Crippen LogP contribution in [0.5, 0.6) is 5.75 Å². The Bertz CT molecular complexity index is 752. The van der Waals surface area contributed by atoms with Crippen LogP contribution in [-0.4, -0.2) is 43.0 Å². The number of nitrogens with one attached hydrogen (secondary N) is 1. The Kier molecular flexibility index (Phi) is 8.14. The largest absolute Gasteiger partial charge is 0.484 e. The van der Waals surface area contributed by atoms with Crippen LogP contribution in [0.3, 0.4) is 0 Å². The van der Waals surface area contributed by atoms with E-state index in [9.17, 15) is 9.59 Å². The molecule has 144 valence electrons. The SMILES string of the molecule is CC[C@H](C(=O)NC)N(CCc1ccccc1)C(=O)COc1cccc(Cl)c1. The highest BCUT2D eigenvalue weighted by atomic mass is 35.5. The third-order valence-electron chi connectivity index (χ3n) is 4.27. The topological polar surface area (TPSA) is 58.6 Å². The van der Waals surface area contributed by atoms with E-state index >= 15 is 0 Å². The van der Waals surface area contributed by atoms with Crippen LogP contribution in [0.1, 0.15) is 18.9 Å². The zero-order valence-corrected chi connectivity index (χ0v) is 16.4. The van der Waals surface area contributed by atoms with Crippen molar-refractivity contribution in [3.63, 3.8) is 0 Å². The molecule has 6 heteroatoms. The van der Waals surface area contributed by atoms with E-state index < -0.39 is 6.04 Å². The van der Waals surface area contributed by atoms with E-state index in [1.807, 2.05) is 37.3 Å². The third kappa shape index (κ3) is 6.29. The molecular formula is C21H25ClN2O3. The van der Waals surface area contributed by atoms with Gasteiger partial charge in [-0.05, 0) is 36.6 Å². The van der Waals surface area contributed by atoms with E-state index in [0.717, 1.165) is 5.56 Å². The smallest absolute Gasteiger partial charge is 0.261 e. The highest BCUT2D eigenvalue weighted by molar-refractivity contribution is 6.30. The summed E-state index contributed by atoms with van der Waals surface area (Å²) in [6.45, 7) is 2.18. The van der Waals surface area contributed by atoms with Crippen molar-refractivity contribution in [2.24, 2.45) is 0 Å². The van der Waals surface area contributed by atoms with Gasteiger partial charge in [0.05, 0.1) is 0 Å². The molecule has 2 aromatic carbocycles. The molecule has 0 bridgehead atoms. The molecule has 2 rings (SSSR count).